The van der Waals surface area contributed by atoms with Crippen LogP contribution < -0.4 is 10.5 Å². The van der Waals surface area contributed by atoms with Gasteiger partial charge < -0.3 is 5.73 Å². The third kappa shape index (κ3) is 5.31. The molecule has 0 atom stereocenters. The van der Waals surface area contributed by atoms with Crippen molar-refractivity contribution in [2.45, 2.75) is 17.7 Å². The molecule has 0 saturated carbocycles. The summed E-state index contributed by atoms with van der Waals surface area (Å²) in [5, 5.41) is 0. The number of nitrogens with one attached hydrogen (secondary N) is 1. The summed E-state index contributed by atoms with van der Waals surface area (Å²) in [5.74, 6) is -1.98. The molecule has 0 unspecified atom stereocenters. The second-order valence-electron chi connectivity index (χ2n) is 3.59. The van der Waals surface area contributed by atoms with Gasteiger partial charge in [-0.15, -0.1) is 12.4 Å². The van der Waals surface area contributed by atoms with Gasteiger partial charge in [-0.1, -0.05) is 0 Å². The molecule has 3 N–H and O–H groups in total. The highest BCUT2D eigenvalue weighted by atomic mass is 79.9. The van der Waals surface area contributed by atoms with Crippen molar-refractivity contribution >= 4 is 38.4 Å². The van der Waals surface area contributed by atoms with Gasteiger partial charge in [-0.3, -0.25) is 0 Å². The lowest BCUT2D eigenvalue weighted by Gasteiger charge is -2.08. The predicted octanol–water partition coefficient (Wildman–Crippen LogP) is 2.17. The molecule has 0 aliphatic heterocycles. The van der Waals surface area contributed by atoms with E-state index in [1.165, 1.54) is 0 Å². The normalized spacial score (nSPS) is 11.2. The Balaban J connectivity index is 0.00000324. The molecule has 4 nitrogen and oxygen atoms in total. The van der Waals surface area contributed by atoms with Crippen LogP contribution in [-0.4, -0.2) is 21.5 Å². The highest BCUT2D eigenvalue weighted by molar-refractivity contribution is 9.10. The molecule has 0 aliphatic carbocycles. The van der Waals surface area contributed by atoms with Gasteiger partial charge in [-0.05, 0) is 41.4 Å². The monoisotopic (exact) mass is 378 g/mol. The average Bonchev–Trinajstić information content (AvgIpc) is 2.29. The van der Waals surface area contributed by atoms with E-state index in [2.05, 4.69) is 20.7 Å². The zero-order valence-corrected chi connectivity index (χ0v) is 13.0. The van der Waals surface area contributed by atoms with Crippen LogP contribution in [0.4, 0.5) is 8.78 Å². The van der Waals surface area contributed by atoms with E-state index in [-0.39, 0.29) is 23.4 Å². The minimum atomic E-state index is -3.97. The Morgan fingerprint density at radius 1 is 1.21 bits per heavy atom. The van der Waals surface area contributed by atoms with Crippen LogP contribution in [0.1, 0.15) is 12.8 Å². The number of halogens is 4. The summed E-state index contributed by atoms with van der Waals surface area (Å²) in [4.78, 5) is -0.580. The summed E-state index contributed by atoms with van der Waals surface area (Å²) in [5.41, 5.74) is 5.26. The number of benzene rings is 1. The first-order valence-electron chi connectivity index (χ1n) is 5.23. The minimum absolute atomic E-state index is 0. The van der Waals surface area contributed by atoms with Gasteiger partial charge >= 0.3 is 0 Å². The second kappa shape index (κ2) is 8.11. The van der Waals surface area contributed by atoms with E-state index in [0.717, 1.165) is 6.07 Å². The summed E-state index contributed by atoms with van der Waals surface area (Å²) in [7, 11) is -3.97. The molecule has 1 aromatic carbocycles. The standard InChI is InChI=1S/C10H13BrF2N2O2S.ClH/c11-7-5-10(9(13)6-8(7)12)18(16,17)15-4-2-1-3-14;/h5-6,15H,1-4,14H2;1H. The predicted molar refractivity (Wildman–Crippen MR) is 74.8 cm³/mol. The molecule has 19 heavy (non-hydrogen) atoms. The molecule has 1 rings (SSSR count). The number of hydrogen-bond acceptors (Lipinski definition) is 3. The van der Waals surface area contributed by atoms with Crippen molar-refractivity contribution < 1.29 is 17.2 Å². The fraction of sp³-hybridized carbons (Fsp3) is 0.400. The van der Waals surface area contributed by atoms with Gasteiger partial charge in [-0.2, -0.15) is 0 Å². The van der Waals surface area contributed by atoms with E-state index in [1.807, 2.05) is 0 Å². The molecule has 0 amide bonds. The molecule has 0 aliphatic rings. The van der Waals surface area contributed by atoms with Gasteiger partial charge in [0.1, 0.15) is 16.5 Å². The van der Waals surface area contributed by atoms with Gasteiger partial charge in [-0.25, -0.2) is 21.9 Å². The van der Waals surface area contributed by atoms with Crippen LogP contribution in [0.3, 0.4) is 0 Å². The molecule has 0 aromatic heterocycles. The maximum Gasteiger partial charge on any atom is 0.243 e. The Morgan fingerprint density at radius 3 is 2.42 bits per heavy atom. The number of hydrogen-bond donors (Lipinski definition) is 2. The first kappa shape index (κ1) is 18.7. The summed E-state index contributed by atoms with van der Waals surface area (Å²) < 4.78 is 52.0. The average molecular weight is 380 g/mol. The lowest BCUT2D eigenvalue weighted by Crippen LogP contribution is -2.26. The highest BCUT2D eigenvalue weighted by Gasteiger charge is 2.20. The number of nitrogens with two attached hydrogens (primary N) is 1. The van der Waals surface area contributed by atoms with Crippen LogP contribution in [0.25, 0.3) is 0 Å². The third-order valence-corrected chi connectivity index (χ3v) is 4.27. The van der Waals surface area contributed by atoms with Crippen LogP contribution in [-0.2, 0) is 10.0 Å². The smallest absolute Gasteiger partial charge is 0.243 e. The van der Waals surface area contributed by atoms with E-state index in [4.69, 9.17) is 5.73 Å². The van der Waals surface area contributed by atoms with Crippen molar-refractivity contribution in [2.75, 3.05) is 13.1 Å². The highest BCUT2D eigenvalue weighted by Crippen LogP contribution is 2.23. The Bertz CT molecular complexity index is 529. The Morgan fingerprint density at radius 2 is 1.84 bits per heavy atom. The minimum Gasteiger partial charge on any atom is -0.330 e. The molecule has 0 bridgehead atoms. The van der Waals surface area contributed by atoms with Crippen molar-refractivity contribution in [1.82, 2.24) is 4.72 Å². The van der Waals surface area contributed by atoms with E-state index in [0.29, 0.717) is 25.5 Å². The molecule has 1 aromatic rings. The van der Waals surface area contributed by atoms with E-state index < -0.39 is 26.6 Å². The molecule has 0 heterocycles. The Kier molecular flexibility index (Phi) is 7.99. The third-order valence-electron chi connectivity index (χ3n) is 2.19. The van der Waals surface area contributed by atoms with E-state index in [9.17, 15) is 17.2 Å². The maximum absolute atomic E-state index is 13.4. The Hall–Kier alpha value is -0.280. The lowest BCUT2D eigenvalue weighted by molar-refractivity contribution is 0.539. The summed E-state index contributed by atoms with van der Waals surface area (Å²) in [6.45, 7) is 0.617. The molecule has 0 saturated heterocycles. The van der Waals surface area contributed by atoms with Crippen LogP contribution in [0.15, 0.2) is 21.5 Å². The van der Waals surface area contributed by atoms with Gasteiger partial charge in [0.2, 0.25) is 10.0 Å². The summed E-state index contributed by atoms with van der Waals surface area (Å²) >= 11 is 2.82. The quantitative estimate of drug-likeness (QED) is 0.588. The number of sulfonamides is 1. The fourth-order valence-corrected chi connectivity index (χ4v) is 2.92. The fourth-order valence-electron chi connectivity index (χ4n) is 1.26. The van der Waals surface area contributed by atoms with Gasteiger partial charge in [0.15, 0.2) is 0 Å². The van der Waals surface area contributed by atoms with Crippen LogP contribution in [0.5, 0.6) is 0 Å². The van der Waals surface area contributed by atoms with Crippen LogP contribution >= 0.6 is 28.3 Å². The topological polar surface area (TPSA) is 72.2 Å². The largest absolute Gasteiger partial charge is 0.330 e. The molecular formula is C10H14BrClF2N2O2S. The van der Waals surface area contributed by atoms with Crippen molar-refractivity contribution in [2.24, 2.45) is 5.73 Å². The zero-order chi connectivity index (χ0) is 13.8. The first-order valence-corrected chi connectivity index (χ1v) is 7.50. The number of unbranched alkanes of at least 4 members (excludes halogenated alkanes) is 1. The molecule has 0 spiro atoms. The first-order chi connectivity index (χ1) is 8.38. The zero-order valence-electron chi connectivity index (χ0n) is 9.83. The molecule has 0 fully saturated rings. The summed E-state index contributed by atoms with van der Waals surface area (Å²) in [6, 6.07) is 1.43. The van der Waals surface area contributed by atoms with Gasteiger partial charge in [0.05, 0.1) is 4.47 Å². The van der Waals surface area contributed by atoms with Crippen LogP contribution in [0.2, 0.25) is 0 Å². The molecule has 0 radical (unpaired) electrons. The van der Waals surface area contributed by atoms with Crippen LogP contribution in [0, 0.1) is 11.6 Å². The molecule has 9 heteroatoms. The summed E-state index contributed by atoms with van der Waals surface area (Å²) in [6.07, 6.45) is 1.22. The van der Waals surface area contributed by atoms with Crippen molar-refractivity contribution in [1.29, 1.82) is 0 Å². The maximum atomic E-state index is 13.4. The molecular weight excluding hydrogens is 366 g/mol. The second-order valence-corrected chi connectivity index (χ2v) is 6.18. The van der Waals surface area contributed by atoms with Crippen molar-refractivity contribution in [3.05, 3.63) is 28.2 Å². The lowest BCUT2D eigenvalue weighted by atomic mass is 10.3. The number of rotatable bonds is 6. The molecule has 110 valence electrons. The van der Waals surface area contributed by atoms with E-state index in [1.54, 1.807) is 0 Å². The van der Waals surface area contributed by atoms with E-state index >= 15 is 0 Å². The van der Waals surface area contributed by atoms with Crippen molar-refractivity contribution in [3.8, 4) is 0 Å². The van der Waals surface area contributed by atoms with Crippen molar-refractivity contribution in [3.63, 3.8) is 0 Å². The van der Waals surface area contributed by atoms with Gasteiger partial charge in [0.25, 0.3) is 0 Å². The Labute approximate surface area is 125 Å². The van der Waals surface area contributed by atoms with Gasteiger partial charge in [0, 0.05) is 12.6 Å². The SMILES string of the molecule is Cl.NCCCCNS(=O)(=O)c1cc(Br)c(F)cc1F.